The van der Waals surface area contributed by atoms with E-state index in [9.17, 15) is 9.59 Å². The van der Waals surface area contributed by atoms with E-state index >= 15 is 0 Å². The molecule has 2 N–H and O–H groups in total. The van der Waals surface area contributed by atoms with Crippen LogP contribution in [0.4, 0.5) is 4.79 Å². The van der Waals surface area contributed by atoms with Crippen LogP contribution in [0.1, 0.15) is 25.7 Å². The summed E-state index contributed by atoms with van der Waals surface area (Å²) in [5.41, 5.74) is 0. The summed E-state index contributed by atoms with van der Waals surface area (Å²) in [6.45, 7) is 2.23. The molecular formula is C12H21N3O3. The highest BCUT2D eigenvalue weighted by molar-refractivity contribution is 5.92. The normalized spacial score (nSPS) is 23.1. The van der Waals surface area contributed by atoms with Crippen molar-refractivity contribution in [2.45, 2.75) is 37.8 Å². The highest BCUT2D eigenvalue weighted by Crippen LogP contribution is 2.27. The molecule has 6 heteroatoms. The number of hydrogen-bond donors (Lipinski definition) is 2. The molecule has 0 radical (unpaired) electrons. The average Bonchev–Trinajstić information content (AvgIpc) is 3.07. The largest absolute Gasteiger partial charge is 0.453 e. The monoisotopic (exact) mass is 255 g/mol. The van der Waals surface area contributed by atoms with Gasteiger partial charge in [-0.25, -0.2) is 4.79 Å². The molecule has 0 spiro atoms. The van der Waals surface area contributed by atoms with Gasteiger partial charge in [0.25, 0.3) is 0 Å². The third kappa shape index (κ3) is 3.96. The Hall–Kier alpha value is -1.14. The molecule has 1 aliphatic carbocycles. The number of hydrogen-bond acceptors (Lipinski definition) is 5. The first-order valence-electron chi connectivity index (χ1n) is 6.54. The zero-order valence-electron chi connectivity index (χ0n) is 10.8. The molecule has 1 saturated carbocycles. The number of imide groups is 1. The zero-order chi connectivity index (χ0) is 13.0. The van der Waals surface area contributed by atoms with Gasteiger partial charge in [0, 0.05) is 18.6 Å². The van der Waals surface area contributed by atoms with Crippen LogP contribution in [-0.4, -0.2) is 55.7 Å². The molecule has 102 valence electrons. The molecule has 1 atom stereocenters. The molecular weight excluding hydrogens is 234 g/mol. The number of methoxy groups -OCH3 is 1. The van der Waals surface area contributed by atoms with Crippen molar-refractivity contribution in [1.29, 1.82) is 0 Å². The average molecular weight is 255 g/mol. The summed E-state index contributed by atoms with van der Waals surface area (Å²) in [4.78, 5) is 24.8. The lowest BCUT2D eigenvalue weighted by molar-refractivity contribution is -0.121. The third-order valence-electron chi connectivity index (χ3n) is 3.45. The van der Waals surface area contributed by atoms with Gasteiger partial charge < -0.3 is 10.1 Å². The first-order chi connectivity index (χ1) is 8.69. The Morgan fingerprint density at radius 2 is 2.17 bits per heavy atom. The summed E-state index contributed by atoms with van der Waals surface area (Å²) >= 11 is 0. The maximum absolute atomic E-state index is 11.7. The fourth-order valence-corrected chi connectivity index (χ4v) is 2.37. The summed E-state index contributed by atoms with van der Waals surface area (Å²) in [5.74, 6) is -0.285. The van der Waals surface area contributed by atoms with Gasteiger partial charge in [-0.2, -0.15) is 0 Å². The highest BCUT2D eigenvalue weighted by atomic mass is 16.5. The molecule has 6 nitrogen and oxygen atoms in total. The van der Waals surface area contributed by atoms with E-state index in [4.69, 9.17) is 0 Å². The Bertz CT molecular complexity index is 312. The number of nitrogens with zero attached hydrogens (tertiary/aromatic N) is 1. The maximum Gasteiger partial charge on any atom is 0.413 e. The van der Waals surface area contributed by atoms with Crippen LogP contribution >= 0.6 is 0 Å². The predicted molar refractivity (Wildman–Crippen MR) is 66.2 cm³/mol. The molecule has 0 aromatic rings. The van der Waals surface area contributed by atoms with Crippen LogP contribution < -0.4 is 10.6 Å². The topological polar surface area (TPSA) is 70.7 Å². The molecule has 0 aromatic heterocycles. The zero-order valence-corrected chi connectivity index (χ0v) is 10.8. The summed E-state index contributed by atoms with van der Waals surface area (Å²) in [6.07, 6.45) is 3.99. The number of nitrogens with one attached hydrogen (secondary N) is 2. The number of rotatable bonds is 5. The van der Waals surface area contributed by atoms with Crippen molar-refractivity contribution in [2.75, 3.05) is 26.7 Å². The quantitative estimate of drug-likeness (QED) is 0.728. The minimum atomic E-state index is -0.685. The lowest BCUT2D eigenvalue weighted by Gasteiger charge is -2.24. The number of alkyl carbamates (subject to hydrolysis) is 1. The van der Waals surface area contributed by atoms with E-state index in [1.54, 1.807) is 0 Å². The van der Waals surface area contributed by atoms with Crippen molar-refractivity contribution in [2.24, 2.45) is 0 Å². The first kappa shape index (κ1) is 13.3. The number of amides is 2. The van der Waals surface area contributed by atoms with E-state index in [0.717, 1.165) is 25.9 Å². The van der Waals surface area contributed by atoms with Crippen LogP contribution in [0.5, 0.6) is 0 Å². The third-order valence-corrected chi connectivity index (χ3v) is 3.45. The lowest BCUT2D eigenvalue weighted by Crippen LogP contribution is -2.45. The molecule has 1 aliphatic heterocycles. The van der Waals surface area contributed by atoms with Crippen LogP contribution in [0.25, 0.3) is 0 Å². The minimum absolute atomic E-state index is 0.276. The molecule has 2 aliphatic rings. The minimum Gasteiger partial charge on any atom is -0.453 e. The number of ether oxygens (including phenoxy) is 1. The molecule has 1 saturated heterocycles. The summed E-state index contributed by atoms with van der Waals surface area (Å²) in [7, 11) is 1.25. The van der Waals surface area contributed by atoms with Crippen molar-refractivity contribution in [3.05, 3.63) is 0 Å². The molecule has 2 fully saturated rings. The lowest BCUT2D eigenvalue weighted by atomic mass is 10.2. The maximum atomic E-state index is 11.7. The molecule has 2 amide bonds. The smallest absolute Gasteiger partial charge is 0.413 e. The first-order valence-corrected chi connectivity index (χ1v) is 6.54. The van der Waals surface area contributed by atoms with Gasteiger partial charge >= 0.3 is 6.09 Å². The summed E-state index contributed by atoms with van der Waals surface area (Å²) < 4.78 is 4.41. The van der Waals surface area contributed by atoms with Crippen LogP contribution in [0, 0.1) is 0 Å². The van der Waals surface area contributed by atoms with Crippen LogP contribution in [-0.2, 0) is 9.53 Å². The van der Waals surface area contributed by atoms with Gasteiger partial charge in [-0.1, -0.05) is 0 Å². The molecule has 0 aromatic carbocycles. The fraction of sp³-hybridized carbons (Fsp3) is 0.833. The van der Waals surface area contributed by atoms with E-state index < -0.39 is 6.09 Å². The second-order valence-corrected chi connectivity index (χ2v) is 4.99. The van der Waals surface area contributed by atoms with E-state index in [1.165, 1.54) is 20.0 Å². The van der Waals surface area contributed by atoms with Gasteiger partial charge in [-0.15, -0.1) is 0 Å². The van der Waals surface area contributed by atoms with Gasteiger partial charge in [0.1, 0.15) is 0 Å². The van der Waals surface area contributed by atoms with E-state index in [-0.39, 0.29) is 12.5 Å². The van der Waals surface area contributed by atoms with Crippen molar-refractivity contribution in [1.82, 2.24) is 15.5 Å². The Kier molecular flexibility index (Phi) is 4.54. The van der Waals surface area contributed by atoms with Crippen LogP contribution in [0.15, 0.2) is 0 Å². The van der Waals surface area contributed by atoms with Gasteiger partial charge in [-0.3, -0.25) is 15.0 Å². The van der Waals surface area contributed by atoms with E-state index in [1.807, 2.05) is 0 Å². The second kappa shape index (κ2) is 6.15. The number of carbonyl (C=O) groups excluding carboxylic acids is 2. The molecule has 1 unspecified atom stereocenters. The van der Waals surface area contributed by atoms with Crippen molar-refractivity contribution >= 4 is 12.0 Å². The molecule has 2 rings (SSSR count). The standard InChI is InChI=1S/C12H21N3O3/c1-18-12(17)14-11(16)8-15(10-4-5-10)7-9-3-2-6-13-9/h9-10,13H,2-8H2,1H3,(H,14,16,17). The second-order valence-electron chi connectivity index (χ2n) is 4.99. The van der Waals surface area contributed by atoms with Gasteiger partial charge in [0.05, 0.1) is 13.7 Å². The molecule has 18 heavy (non-hydrogen) atoms. The molecule has 1 heterocycles. The molecule has 0 bridgehead atoms. The van der Waals surface area contributed by atoms with E-state index in [2.05, 4.69) is 20.3 Å². The van der Waals surface area contributed by atoms with Crippen molar-refractivity contribution < 1.29 is 14.3 Å². The Morgan fingerprint density at radius 3 is 2.72 bits per heavy atom. The number of carbonyl (C=O) groups is 2. The van der Waals surface area contributed by atoms with Gasteiger partial charge in [-0.05, 0) is 32.2 Å². The van der Waals surface area contributed by atoms with Crippen molar-refractivity contribution in [3.63, 3.8) is 0 Å². The Balaban J connectivity index is 1.78. The van der Waals surface area contributed by atoms with E-state index in [0.29, 0.717) is 12.1 Å². The van der Waals surface area contributed by atoms with Crippen LogP contribution in [0.3, 0.4) is 0 Å². The predicted octanol–water partition coefficient (Wildman–Crippen LogP) is 0.0854. The fourth-order valence-electron chi connectivity index (χ4n) is 2.37. The summed E-state index contributed by atoms with van der Waals surface area (Å²) in [6, 6.07) is 0.993. The Morgan fingerprint density at radius 1 is 1.39 bits per heavy atom. The summed E-state index contributed by atoms with van der Waals surface area (Å²) in [5, 5.41) is 5.64. The van der Waals surface area contributed by atoms with Gasteiger partial charge in [0.15, 0.2) is 0 Å². The SMILES string of the molecule is COC(=O)NC(=O)CN(CC1CCCN1)C1CC1. The highest BCUT2D eigenvalue weighted by Gasteiger charge is 2.32. The van der Waals surface area contributed by atoms with Crippen LogP contribution in [0.2, 0.25) is 0 Å². The van der Waals surface area contributed by atoms with Crippen molar-refractivity contribution in [3.8, 4) is 0 Å². The Labute approximate surface area is 107 Å². The van der Waals surface area contributed by atoms with Gasteiger partial charge in [0.2, 0.25) is 5.91 Å².